The molecule has 0 aliphatic rings. The molecule has 0 saturated carbocycles. The van der Waals surface area contributed by atoms with Crippen LogP contribution in [0.25, 0.3) is 0 Å². The van der Waals surface area contributed by atoms with Gasteiger partial charge in [0.2, 0.25) is 0 Å². The molecule has 7 heavy (non-hydrogen) atoms. The molecule has 0 saturated heterocycles. The molecule has 37 valence electrons. The van der Waals surface area contributed by atoms with E-state index in [4.69, 9.17) is 0 Å². The summed E-state index contributed by atoms with van der Waals surface area (Å²) in [4.78, 5) is 5.85. The molecular formula is C4H5N2O. The normalized spacial score (nSPS) is 8.71. The van der Waals surface area contributed by atoms with E-state index in [1.807, 2.05) is 0 Å². The first-order chi connectivity index (χ1) is 3.43. The molecular weight excluding hydrogens is 92.1 g/mol. The van der Waals surface area contributed by atoms with Gasteiger partial charge in [-0.05, 0) is 6.07 Å². The molecule has 0 amide bonds. The maximum absolute atomic E-state index is 4.60. The van der Waals surface area contributed by atoms with Crippen molar-refractivity contribution >= 4 is 0 Å². The molecule has 0 bridgehead atoms. The van der Waals surface area contributed by atoms with Gasteiger partial charge < -0.3 is 4.84 Å². The van der Waals surface area contributed by atoms with Crippen LogP contribution in [0.4, 0.5) is 0 Å². The van der Waals surface area contributed by atoms with E-state index >= 15 is 0 Å². The predicted molar refractivity (Wildman–Crippen MR) is 23.6 cm³/mol. The van der Waals surface area contributed by atoms with E-state index in [0.717, 1.165) is 0 Å². The summed E-state index contributed by atoms with van der Waals surface area (Å²) in [5, 5.41) is 3.67. The highest BCUT2D eigenvalue weighted by Gasteiger charge is 1.78. The summed E-state index contributed by atoms with van der Waals surface area (Å²) < 4.78 is 0. The zero-order valence-corrected chi connectivity index (χ0v) is 3.96. The molecule has 3 nitrogen and oxygen atoms in total. The summed E-state index contributed by atoms with van der Waals surface area (Å²) in [6.07, 6.45) is 4.27. The van der Waals surface area contributed by atoms with Gasteiger partial charge in [-0.3, -0.25) is 0 Å². The van der Waals surface area contributed by atoms with Crippen LogP contribution in [-0.2, 0) is 0 Å². The van der Waals surface area contributed by atoms with Gasteiger partial charge in [-0.25, -0.2) is 0 Å². The number of rotatable bonds is 1. The predicted octanol–water partition coefficient (Wildman–Crippen LogP) is -0.258. The zero-order chi connectivity index (χ0) is 5.11. The molecule has 1 heterocycles. The Balaban J connectivity index is 2.76. The average molecular weight is 97.1 g/mol. The highest BCUT2D eigenvalue weighted by Crippen LogP contribution is 1.73. The Morgan fingerprint density at radius 1 is 1.86 bits per heavy atom. The summed E-state index contributed by atoms with van der Waals surface area (Å²) in [5.74, 6) is 0. The molecule has 1 rings (SSSR count). The minimum atomic E-state index is 1.25. The van der Waals surface area contributed by atoms with Gasteiger partial charge in [-0.1, -0.05) is 4.85 Å². The first-order valence-electron chi connectivity index (χ1n) is 1.89. The van der Waals surface area contributed by atoms with E-state index < -0.39 is 0 Å². The average Bonchev–Trinajstić information content (AvgIpc) is 2.14. The second kappa shape index (κ2) is 1.64. The Kier molecular flexibility index (Phi) is 0.978. The summed E-state index contributed by atoms with van der Waals surface area (Å²) in [6, 6.07) is 1.67. The SMILES string of the molecule is COn1[c]ccn1. The molecule has 0 aromatic carbocycles. The molecule has 0 N–H and O–H groups in total. The lowest BCUT2D eigenvalue weighted by Gasteiger charge is -1.90. The molecule has 1 aromatic heterocycles. The highest BCUT2D eigenvalue weighted by atomic mass is 16.7. The monoisotopic (exact) mass is 97.0 g/mol. The fourth-order valence-corrected chi connectivity index (χ4v) is 0.324. The van der Waals surface area contributed by atoms with Crippen LogP contribution >= 0.6 is 0 Å². The van der Waals surface area contributed by atoms with E-state index in [2.05, 4.69) is 16.1 Å². The van der Waals surface area contributed by atoms with E-state index in [0.29, 0.717) is 0 Å². The minimum Gasteiger partial charge on any atom is -0.399 e. The Morgan fingerprint density at radius 2 is 2.71 bits per heavy atom. The van der Waals surface area contributed by atoms with Gasteiger partial charge in [0.1, 0.15) is 13.3 Å². The van der Waals surface area contributed by atoms with Gasteiger partial charge in [-0.15, -0.1) is 5.10 Å². The molecule has 3 heteroatoms. The highest BCUT2D eigenvalue weighted by molar-refractivity contribution is 4.72. The third-order valence-electron chi connectivity index (χ3n) is 0.604. The molecule has 0 unspecified atom stereocenters. The van der Waals surface area contributed by atoms with Crippen molar-refractivity contribution in [2.24, 2.45) is 0 Å². The number of aromatic nitrogens is 2. The van der Waals surface area contributed by atoms with E-state index in [9.17, 15) is 0 Å². The van der Waals surface area contributed by atoms with Crippen LogP contribution in [0.3, 0.4) is 0 Å². The third-order valence-corrected chi connectivity index (χ3v) is 0.604. The van der Waals surface area contributed by atoms with Crippen LogP contribution < -0.4 is 4.84 Å². The quantitative estimate of drug-likeness (QED) is 0.482. The summed E-state index contributed by atoms with van der Waals surface area (Å²) in [7, 11) is 1.53. The van der Waals surface area contributed by atoms with Crippen molar-refractivity contribution in [1.82, 2.24) is 9.94 Å². The summed E-state index contributed by atoms with van der Waals surface area (Å²) >= 11 is 0. The Morgan fingerprint density at radius 3 is 3.00 bits per heavy atom. The van der Waals surface area contributed by atoms with Crippen molar-refractivity contribution in [1.29, 1.82) is 0 Å². The molecule has 0 fully saturated rings. The summed E-state index contributed by atoms with van der Waals surface area (Å²) in [6.45, 7) is 0. The Bertz CT molecular complexity index is 124. The van der Waals surface area contributed by atoms with Crippen molar-refractivity contribution in [2.45, 2.75) is 0 Å². The molecule has 0 aliphatic heterocycles. The lowest BCUT2D eigenvalue weighted by molar-refractivity contribution is 0.132. The Labute approximate surface area is 41.5 Å². The maximum atomic E-state index is 4.60. The molecule has 1 radical (unpaired) electrons. The summed E-state index contributed by atoms with van der Waals surface area (Å²) in [5.41, 5.74) is 0. The Hall–Kier alpha value is -0.990. The molecule has 1 aromatic rings. The molecule has 0 aliphatic carbocycles. The fraction of sp³-hybridized carbons (Fsp3) is 0.250. The largest absolute Gasteiger partial charge is 0.399 e. The lowest BCUT2D eigenvalue weighted by Crippen LogP contribution is -2.04. The van der Waals surface area contributed by atoms with E-state index in [1.165, 1.54) is 12.0 Å². The topological polar surface area (TPSA) is 27.1 Å². The van der Waals surface area contributed by atoms with Crippen LogP contribution in [0.2, 0.25) is 0 Å². The van der Waals surface area contributed by atoms with Crippen LogP contribution in [0.5, 0.6) is 0 Å². The molecule has 0 spiro atoms. The lowest BCUT2D eigenvalue weighted by atomic mass is 10.8. The maximum Gasteiger partial charge on any atom is 0.132 e. The third kappa shape index (κ3) is 0.707. The smallest absolute Gasteiger partial charge is 0.132 e. The number of nitrogens with zero attached hydrogens (tertiary/aromatic N) is 2. The van der Waals surface area contributed by atoms with Gasteiger partial charge >= 0.3 is 0 Å². The second-order valence-corrected chi connectivity index (χ2v) is 1.02. The van der Waals surface area contributed by atoms with Crippen molar-refractivity contribution < 1.29 is 4.84 Å². The van der Waals surface area contributed by atoms with Gasteiger partial charge in [0.05, 0.1) is 6.20 Å². The first kappa shape index (κ1) is 4.18. The van der Waals surface area contributed by atoms with Crippen molar-refractivity contribution in [3.63, 3.8) is 0 Å². The van der Waals surface area contributed by atoms with Crippen molar-refractivity contribution in [3.05, 3.63) is 18.5 Å². The fourth-order valence-electron chi connectivity index (χ4n) is 0.324. The minimum absolute atomic E-state index is 1.25. The van der Waals surface area contributed by atoms with Crippen LogP contribution in [0.15, 0.2) is 12.3 Å². The zero-order valence-electron chi connectivity index (χ0n) is 3.96. The van der Waals surface area contributed by atoms with E-state index in [-0.39, 0.29) is 0 Å². The second-order valence-electron chi connectivity index (χ2n) is 1.02. The van der Waals surface area contributed by atoms with Gasteiger partial charge in [-0.2, -0.15) is 0 Å². The van der Waals surface area contributed by atoms with Gasteiger partial charge in [0, 0.05) is 0 Å². The van der Waals surface area contributed by atoms with Gasteiger partial charge in [0.25, 0.3) is 0 Å². The van der Waals surface area contributed by atoms with E-state index in [1.54, 1.807) is 12.3 Å². The van der Waals surface area contributed by atoms with Crippen molar-refractivity contribution in [2.75, 3.05) is 7.11 Å². The standard InChI is InChI=1S/C4H5N2O/c1-7-6-4-2-3-5-6/h2-3H,1H3. The number of hydrogen-bond donors (Lipinski definition) is 0. The van der Waals surface area contributed by atoms with Crippen LogP contribution in [0, 0.1) is 6.20 Å². The number of hydrogen-bond acceptors (Lipinski definition) is 2. The van der Waals surface area contributed by atoms with Gasteiger partial charge in [0.15, 0.2) is 0 Å². The molecule has 0 atom stereocenters. The van der Waals surface area contributed by atoms with Crippen LogP contribution in [0.1, 0.15) is 0 Å². The van der Waals surface area contributed by atoms with Crippen molar-refractivity contribution in [3.8, 4) is 0 Å². The first-order valence-corrected chi connectivity index (χ1v) is 1.89. The van der Waals surface area contributed by atoms with Crippen LogP contribution in [-0.4, -0.2) is 17.1 Å².